The number of hydrogen-bond acceptors (Lipinski definition) is 6. The highest BCUT2D eigenvalue weighted by Crippen LogP contribution is 2.32. The monoisotopic (exact) mass is 449 g/mol. The maximum atomic E-state index is 13.8. The Morgan fingerprint density at radius 2 is 1.81 bits per heavy atom. The summed E-state index contributed by atoms with van der Waals surface area (Å²) in [5.74, 6) is 0.455. The fourth-order valence-corrected chi connectivity index (χ4v) is 3.81. The van der Waals surface area contributed by atoms with Crippen molar-refractivity contribution in [3.8, 4) is 22.8 Å². The van der Waals surface area contributed by atoms with E-state index in [4.69, 9.17) is 4.74 Å². The van der Waals surface area contributed by atoms with Gasteiger partial charge < -0.3 is 10.1 Å². The molecule has 0 bridgehead atoms. The number of nitrogens with one attached hydrogen (secondary N) is 1. The lowest BCUT2D eigenvalue weighted by Crippen LogP contribution is -2.15. The van der Waals surface area contributed by atoms with E-state index in [2.05, 4.69) is 20.5 Å². The first-order valence-electron chi connectivity index (χ1n) is 9.92. The lowest BCUT2D eigenvalue weighted by Gasteiger charge is -2.14. The number of hydrogen-bond donors (Lipinski definition) is 1. The van der Waals surface area contributed by atoms with Crippen LogP contribution in [0.4, 0.5) is 10.1 Å². The molecule has 1 N–H and O–H groups in total. The fourth-order valence-electron chi connectivity index (χ4n) is 3.07. The van der Waals surface area contributed by atoms with Gasteiger partial charge in [0, 0.05) is 18.0 Å². The third-order valence-corrected chi connectivity index (χ3v) is 5.39. The number of amides is 1. The minimum Gasteiger partial charge on any atom is -0.492 e. The number of ether oxygens (including phenoxy) is 1. The Hall–Kier alpha value is -3.72. The van der Waals surface area contributed by atoms with Crippen LogP contribution in [-0.2, 0) is 4.79 Å². The van der Waals surface area contributed by atoms with E-state index in [1.807, 2.05) is 47.9 Å². The summed E-state index contributed by atoms with van der Waals surface area (Å²) in [4.78, 5) is 16.5. The molecule has 4 rings (SSSR count). The molecule has 1 amide bonds. The second-order valence-electron chi connectivity index (χ2n) is 6.59. The molecule has 0 atom stereocenters. The molecule has 0 unspecified atom stereocenters. The maximum absolute atomic E-state index is 13.8. The van der Waals surface area contributed by atoms with Gasteiger partial charge in [0.15, 0.2) is 11.0 Å². The summed E-state index contributed by atoms with van der Waals surface area (Å²) in [6, 6.07) is 17.3. The van der Waals surface area contributed by atoms with E-state index >= 15 is 0 Å². The third-order valence-electron chi connectivity index (χ3n) is 4.46. The average molecular weight is 450 g/mol. The summed E-state index contributed by atoms with van der Waals surface area (Å²) in [5, 5.41) is 11.8. The van der Waals surface area contributed by atoms with Gasteiger partial charge in [-0.1, -0.05) is 36.0 Å². The molecule has 0 saturated heterocycles. The minimum absolute atomic E-state index is 0.0274. The molecular formula is C23H20FN5O2S. The zero-order chi connectivity index (χ0) is 22.3. The van der Waals surface area contributed by atoms with Gasteiger partial charge in [-0.15, -0.1) is 10.2 Å². The van der Waals surface area contributed by atoms with Gasteiger partial charge in [0.2, 0.25) is 5.91 Å². The van der Waals surface area contributed by atoms with E-state index in [9.17, 15) is 9.18 Å². The van der Waals surface area contributed by atoms with Crippen LogP contribution < -0.4 is 10.1 Å². The van der Waals surface area contributed by atoms with E-state index in [1.54, 1.807) is 24.5 Å². The van der Waals surface area contributed by atoms with Crippen LogP contribution in [0.5, 0.6) is 5.75 Å². The number of carbonyl (C=O) groups is 1. The Kier molecular flexibility index (Phi) is 6.76. The van der Waals surface area contributed by atoms with Crippen LogP contribution in [0.15, 0.2) is 78.2 Å². The Labute approximate surface area is 188 Å². The van der Waals surface area contributed by atoms with E-state index < -0.39 is 5.82 Å². The number of para-hydroxylation sites is 3. The molecule has 0 aliphatic carbocycles. The zero-order valence-electron chi connectivity index (χ0n) is 17.2. The van der Waals surface area contributed by atoms with Gasteiger partial charge >= 0.3 is 0 Å². The molecule has 7 nitrogen and oxygen atoms in total. The number of anilines is 1. The number of nitrogens with zero attached hydrogens (tertiary/aromatic N) is 4. The number of aromatic nitrogens is 4. The molecule has 4 aromatic rings. The van der Waals surface area contributed by atoms with Gasteiger partial charge in [0.05, 0.1) is 23.7 Å². The predicted octanol–water partition coefficient (Wildman–Crippen LogP) is 4.60. The normalized spacial score (nSPS) is 10.7. The molecule has 0 saturated carbocycles. The predicted molar refractivity (Wildman–Crippen MR) is 122 cm³/mol. The number of benzene rings is 2. The van der Waals surface area contributed by atoms with Crippen LogP contribution in [0.25, 0.3) is 17.1 Å². The van der Waals surface area contributed by atoms with Gasteiger partial charge in [-0.05, 0) is 43.3 Å². The quantitative estimate of drug-likeness (QED) is 0.396. The number of rotatable bonds is 8. The lowest BCUT2D eigenvalue weighted by molar-refractivity contribution is -0.113. The Bertz CT molecular complexity index is 1220. The first-order valence-corrected chi connectivity index (χ1v) is 10.9. The van der Waals surface area contributed by atoms with E-state index in [1.165, 1.54) is 23.9 Å². The molecule has 0 radical (unpaired) electrons. The van der Waals surface area contributed by atoms with Crippen molar-refractivity contribution in [3.05, 3.63) is 78.9 Å². The fraction of sp³-hybridized carbons (Fsp3) is 0.130. The second kappa shape index (κ2) is 10.1. The van der Waals surface area contributed by atoms with E-state index in [0.717, 1.165) is 11.3 Å². The maximum Gasteiger partial charge on any atom is 0.234 e. The third kappa shape index (κ3) is 4.78. The molecule has 0 spiro atoms. The highest BCUT2D eigenvalue weighted by atomic mass is 32.2. The van der Waals surface area contributed by atoms with Crippen LogP contribution in [0.3, 0.4) is 0 Å². The van der Waals surface area contributed by atoms with Gasteiger partial charge in [0.1, 0.15) is 11.6 Å². The topological polar surface area (TPSA) is 81.9 Å². The molecule has 9 heteroatoms. The smallest absolute Gasteiger partial charge is 0.234 e. The summed E-state index contributed by atoms with van der Waals surface area (Å²) in [5.41, 5.74) is 1.71. The Balaban J connectivity index is 1.65. The summed E-state index contributed by atoms with van der Waals surface area (Å²) in [6.07, 6.45) is 3.36. The summed E-state index contributed by atoms with van der Waals surface area (Å²) in [7, 11) is 0. The molecular weight excluding hydrogens is 429 g/mol. The van der Waals surface area contributed by atoms with Crippen molar-refractivity contribution in [1.82, 2.24) is 19.7 Å². The number of thioether (sulfide) groups is 1. The molecule has 2 aromatic heterocycles. The number of carbonyl (C=O) groups excluding carboxylic acids is 1. The van der Waals surface area contributed by atoms with Gasteiger partial charge in [0.25, 0.3) is 0 Å². The zero-order valence-corrected chi connectivity index (χ0v) is 18.1. The van der Waals surface area contributed by atoms with Crippen molar-refractivity contribution in [2.24, 2.45) is 0 Å². The standard InChI is InChI=1S/C23H20FN5O2S/c1-2-31-20-10-6-5-9-19(20)29-22(16-11-13-25-14-12-16)27-28-23(29)32-15-21(30)26-18-8-4-3-7-17(18)24/h3-14H,2,15H2,1H3,(H,26,30). The van der Waals surface area contributed by atoms with Crippen molar-refractivity contribution in [2.45, 2.75) is 12.1 Å². The van der Waals surface area contributed by atoms with Crippen molar-refractivity contribution < 1.29 is 13.9 Å². The van der Waals surface area contributed by atoms with Crippen LogP contribution >= 0.6 is 11.8 Å². The first-order chi connectivity index (χ1) is 15.7. The van der Waals surface area contributed by atoms with Crippen molar-refractivity contribution in [2.75, 3.05) is 17.7 Å². The molecule has 0 aliphatic rings. The SMILES string of the molecule is CCOc1ccccc1-n1c(SCC(=O)Nc2ccccc2F)nnc1-c1ccncc1. The van der Waals surface area contributed by atoms with Gasteiger partial charge in [-0.2, -0.15) is 0 Å². The largest absolute Gasteiger partial charge is 0.492 e. The van der Waals surface area contributed by atoms with Crippen molar-refractivity contribution in [3.63, 3.8) is 0 Å². The molecule has 162 valence electrons. The van der Waals surface area contributed by atoms with Gasteiger partial charge in [-0.25, -0.2) is 4.39 Å². The van der Waals surface area contributed by atoms with Crippen molar-refractivity contribution >= 4 is 23.4 Å². The molecule has 0 fully saturated rings. The molecule has 32 heavy (non-hydrogen) atoms. The molecule has 2 heterocycles. The van der Waals surface area contributed by atoms with Crippen LogP contribution in [0.1, 0.15) is 6.92 Å². The first kappa shape index (κ1) is 21.5. The molecule has 0 aliphatic heterocycles. The lowest BCUT2D eigenvalue weighted by atomic mass is 10.2. The summed E-state index contributed by atoms with van der Waals surface area (Å²) in [6.45, 7) is 2.41. The van der Waals surface area contributed by atoms with E-state index in [-0.39, 0.29) is 17.3 Å². The number of halogens is 1. The van der Waals surface area contributed by atoms with Crippen LogP contribution in [-0.4, -0.2) is 38.0 Å². The second-order valence-corrected chi connectivity index (χ2v) is 7.54. The van der Waals surface area contributed by atoms with E-state index in [0.29, 0.717) is 23.3 Å². The summed E-state index contributed by atoms with van der Waals surface area (Å²) >= 11 is 1.20. The van der Waals surface area contributed by atoms with Crippen LogP contribution in [0.2, 0.25) is 0 Å². The van der Waals surface area contributed by atoms with Crippen molar-refractivity contribution in [1.29, 1.82) is 0 Å². The van der Waals surface area contributed by atoms with Gasteiger partial charge in [-0.3, -0.25) is 14.3 Å². The highest BCUT2D eigenvalue weighted by Gasteiger charge is 2.20. The number of pyridine rings is 1. The van der Waals surface area contributed by atoms with Crippen LogP contribution in [0, 0.1) is 5.82 Å². The Morgan fingerprint density at radius 1 is 1.06 bits per heavy atom. The minimum atomic E-state index is -0.486. The molecule has 2 aromatic carbocycles. The summed E-state index contributed by atoms with van der Waals surface area (Å²) < 4.78 is 21.5. The highest BCUT2D eigenvalue weighted by molar-refractivity contribution is 7.99. The average Bonchev–Trinajstić information content (AvgIpc) is 3.24. The Morgan fingerprint density at radius 3 is 2.59 bits per heavy atom.